The Morgan fingerprint density at radius 2 is 2.08 bits per heavy atom. The van der Waals surface area contributed by atoms with E-state index in [0.29, 0.717) is 6.04 Å². The van der Waals surface area contributed by atoms with Crippen LogP contribution in [0.2, 0.25) is 0 Å². The molecule has 66 valence electrons. The predicted octanol–water partition coefficient (Wildman–Crippen LogP) is 2.14. The second-order valence-corrected chi connectivity index (χ2v) is 2.96. The maximum atomic E-state index is 3.98. The Hall–Kier alpha value is -0.890. The number of nitrogens with zero attached hydrogens (tertiary/aromatic N) is 1. The van der Waals surface area contributed by atoms with Crippen LogP contribution in [0, 0.1) is 0 Å². The number of aromatic nitrogens is 1. The Morgan fingerprint density at radius 3 is 2.67 bits per heavy atom. The molecule has 1 heterocycles. The van der Waals surface area contributed by atoms with Gasteiger partial charge in [0.25, 0.3) is 0 Å². The van der Waals surface area contributed by atoms with Crippen LogP contribution in [0.4, 0.5) is 0 Å². The lowest BCUT2D eigenvalue weighted by Gasteiger charge is -2.12. The molecular weight excluding hydrogens is 148 g/mol. The molecule has 0 aliphatic heterocycles. The second kappa shape index (κ2) is 4.88. The number of hydrogen-bond donors (Lipinski definition) is 1. The van der Waals surface area contributed by atoms with Crippen LogP contribution in [0.15, 0.2) is 24.5 Å². The van der Waals surface area contributed by atoms with E-state index in [2.05, 4.69) is 24.1 Å². The quantitative estimate of drug-likeness (QED) is 0.737. The Kier molecular flexibility index (Phi) is 3.74. The van der Waals surface area contributed by atoms with E-state index in [1.807, 2.05) is 24.5 Å². The first-order chi connectivity index (χ1) is 5.84. The molecule has 1 aromatic heterocycles. The van der Waals surface area contributed by atoms with Crippen LogP contribution in [0.3, 0.4) is 0 Å². The van der Waals surface area contributed by atoms with Crippen molar-refractivity contribution in [2.24, 2.45) is 0 Å². The third-order valence-electron chi connectivity index (χ3n) is 1.91. The van der Waals surface area contributed by atoms with Crippen molar-refractivity contribution in [3.05, 3.63) is 30.1 Å². The molecule has 0 spiro atoms. The molecule has 0 aliphatic rings. The van der Waals surface area contributed by atoms with E-state index in [-0.39, 0.29) is 0 Å². The zero-order valence-corrected chi connectivity index (χ0v) is 7.75. The first kappa shape index (κ1) is 9.20. The summed E-state index contributed by atoms with van der Waals surface area (Å²) in [7, 11) is 0. The molecule has 0 unspecified atom stereocenters. The molecule has 2 nitrogen and oxygen atoms in total. The van der Waals surface area contributed by atoms with Crippen molar-refractivity contribution >= 4 is 0 Å². The lowest BCUT2D eigenvalue weighted by atomic mass is 10.1. The molecule has 0 bridgehead atoms. The third kappa shape index (κ3) is 2.62. The molecule has 2 heteroatoms. The fourth-order valence-corrected chi connectivity index (χ4v) is 1.13. The molecular formula is C10H16N2. The molecule has 1 aromatic rings. The van der Waals surface area contributed by atoms with E-state index in [0.717, 1.165) is 6.54 Å². The molecule has 1 atom stereocenters. The fraction of sp³-hybridized carbons (Fsp3) is 0.500. The van der Waals surface area contributed by atoms with Gasteiger partial charge >= 0.3 is 0 Å². The van der Waals surface area contributed by atoms with Gasteiger partial charge in [0.2, 0.25) is 0 Å². The summed E-state index contributed by atoms with van der Waals surface area (Å²) in [6.07, 6.45) is 4.84. The van der Waals surface area contributed by atoms with Crippen molar-refractivity contribution in [2.75, 3.05) is 6.54 Å². The van der Waals surface area contributed by atoms with Gasteiger partial charge in [0.05, 0.1) is 0 Å². The van der Waals surface area contributed by atoms with Gasteiger partial charge in [0.15, 0.2) is 0 Å². The number of rotatable bonds is 4. The molecule has 0 fully saturated rings. The van der Waals surface area contributed by atoms with Crippen molar-refractivity contribution in [3.63, 3.8) is 0 Å². The van der Waals surface area contributed by atoms with Crippen LogP contribution in [0.25, 0.3) is 0 Å². The van der Waals surface area contributed by atoms with Gasteiger partial charge < -0.3 is 5.32 Å². The van der Waals surface area contributed by atoms with Crippen LogP contribution in [-0.4, -0.2) is 11.5 Å². The maximum absolute atomic E-state index is 3.98. The summed E-state index contributed by atoms with van der Waals surface area (Å²) >= 11 is 0. The summed E-state index contributed by atoms with van der Waals surface area (Å²) in [5.74, 6) is 0. The second-order valence-electron chi connectivity index (χ2n) is 2.96. The van der Waals surface area contributed by atoms with Crippen molar-refractivity contribution < 1.29 is 0 Å². The van der Waals surface area contributed by atoms with E-state index in [4.69, 9.17) is 0 Å². The zero-order chi connectivity index (χ0) is 8.81. The monoisotopic (exact) mass is 164 g/mol. The molecule has 0 radical (unpaired) electrons. The highest BCUT2D eigenvalue weighted by Crippen LogP contribution is 2.09. The van der Waals surface area contributed by atoms with E-state index in [1.54, 1.807) is 0 Å². The molecule has 1 rings (SSSR count). The highest BCUT2D eigenvalue weighted by atomic mass is 14.9. The predicted molar refractivity (Wildman–Crippen MR) is 50.9 cm³/mol. The molecule has 0 amide bonds. The molecule has 0 saturated carbocycles. The summed E-state index contributed by atoms with van der Waals surface area (Å²) in [6.45, 7) is 5.42. The van der Waals surface area contributed by atoms with Crippen molar-refractivity contribution in [2.45, 2.75) is 26.3 Å². The van der Waals surface area contributed by atoms with Gasteiger partial charge in [-0.25, -0.2) is 0 Å². The minimum Gasteiger partial charge on any atom is -0.310 e. The third-order valence-corrected chi connectivity index (χ3v) is 1.91. The maximum Gasteiger partial charge on any atom is 0.0292 e. The van der Waals surface area contributed by atoms with E-state index < -0.39 is 0 Å². The van der Waals surface area contributed by atoms with Gasteiger partial charge in [-0.15, -0.1) is 0 Å². The lowest BCUT2D eigenvalue weighted by Crippen LogP contribution is -2.19. The number of pyridine rings is 1. The number of hydrogen-bond acceptors (Lipinski definition) is 2. The lowest BCUT2D eigenvalue weighted by molar-refractivity contribution is 0.570. The Bertz CT molecular complexity index is 208. The summed E-state index contributed by atoms with van der Waals surface area (Å²) in [5.41, 5.74) is 1.30. The first-order valence-electron chi connectivity index (χ1n) is 4.48. The molecule has 1 N–H and O–H groups in total. The molecule has 0 aliphatic carbocycles. The van der Waals surface area contributed by atoms with E-state index >= 15 is 0 Å². The minimum absolute atomic E-state index is 0.438. The van der Waals surface area contributed by atoms with Crippen molar-refractivity contribution in [1.82, 2.24) is 10.3 Å². The Labute approximate surface area is 74.0 Å². The van der Waals surface area contributed by atoms with Gasteiger partial charge in [-0.3, -0.25) is 4.98 Å². The standard InChI is InChI=1S/C10H16N2/c1-3-6-12-9(2)10-4-7-11-8-5-10/h4-5,7-9,12H,3,6H2,1-2H3/t9-/m1/s1. The molecule has 0 aromatic carbocycles. The highest BCUT2D eigenvalue weighted by molar-refractivity contribution is 5.13. The van der Waals surface area contributed by atoms with Gasteiger partial charge in [-0.2, -0.15) is 0 Å². The summed E-state index contributed by atoms with van der Waals surface area (Å²) < 4.78 is 0. The summed E-state index contributed by atoms with van der Waals surface area (Å²) in [4.78, 5) is 3.98. The van der Waals surface area contributed by atoms with Crippen LogP contribution in [0.5, 0.6) is 0 Å². The van der Waals surface area contributed by atoms with Crippen LogP contribution < -0.4 is 5.32 Å². The first-order valence-corrected chi connectivity index (χ1v) is 4.48. The average Bonchev–Trinajstić information content (AvgIpc) is 2.15. The number of nitrogens with one attached hydrogen (secondary N) is 1. The van der Waals surface area contributed by atoms with Gasteiger partial charge in [-0.1, -0.05) is 6.92 Å². The van der Waals surface area contributed by atoms with Gasteiger partial charge in [-0.05, 0) is 37.6 Å². The molecule has 0 saturated heterocycles. The minimum atomic E-state index is 0.438. The zero-order valence-electron chi connectivity index (χ0n) is 7.75. The SMILES string of the molecule is CCCN[C@H](C)c1ccncc1. The van der Waals surface area contributed by atoms with Crippen molar-refractivity contribution in [3.8, 4) is 0 Å². The van der Waals surface area contributed by atoms with E-state index in [9.17, 15) is 0 Å². The summed E-state index contributed by atoms with van der Waals surface area (Å²) in [5, 5.41) is 3.42. The highest BCUT2D eigenvalue weighted by Gasteiger charge is 2.01. The van der Waals surface area contributed by atoms with Crippen LogP contribution >= 0.6 is 0 Å². The fourth-order valence-electron chi connectivity index (χ4n) is 1.13. The van der Waals surface area contributed by atoms with Crippen LogP contribution in [0.1, 0.15) is 31.9 Å². The normalized spacial score (nSPS) is 12.8. The van der Waals surface area contributed by atoms with Crippen LogP contribution in [-0.2, 0) is 0 Å². The largest absolute Gasteiger partial charge is 0.310 e. The van der Waals surface area contributed by atoms with Gasteiger partial charge in [0, 0.05) is 18.4 Å². The Morgan fingerprint density at radius 1 is 1.42 bits per heavy atom. The Balaban J connectivity index is 2.48. The topological polar surface area (TPSA) is 24.9 Å². The van der Waals surface area contributed by atoms with Gasteiger partial charge in [0.1, 0.15) is 0 Å². The van der Waals surface area contributed by atoms with E-state index in [1.165, 1.54) is 12.0 Å². The van der Waals surface area contributed by atoms with Crippen molar-refractivity contribution in [1.29, 1.82) is 0 Å². The average molecular weight is 164 g/mol. The summed E-state index contributed by atoms with van der Waals surface area (Å²) in [6, 6.07) is 4.54. The molecule has 12 heavy (non-hydrogen) atoms. The smallest absolute Gasteiger partial charge is 0.0292 e.